The van der Waals surface area contributed by atoms with Crippen LogP contribution in [0, 0.1) is 0 Å². The molecule has 0 saturated carbocycles. The lowest BCUT2D eigenvalue weighted by atomic mass is 9.65. The highest BCUT2D eigenvalue weighted by Gasteiger charge is 2.39. The molecule has 4 aromatic carbocycles. The van der Waals surface area contributed by atoms with Gasteiger partial charge < -0.3 is 19.6 Å². The summed E-state index contributed by atoms with van der Waals surface area (Å²) >= 11 is 0. The van der Waals surface area contributed by atoms with Crippen LogP contribution in [0.3, 0.4) is 0 Å². The minimum absolute atomic E-state index is 0.253. The molecule has 0 radical (unpaired) electrons. The molecule has 0 aliphatic heterocycles. The number of hydrogen-bond acceptors (Lipinski definition) is 4. The highest BCUT2D eigenvalue weighted by atomic mass is 31.2. The fourth-order valence-electron chi connectivity index (χ4n) is 4.95. The van der Waals surface area contributed by atoms with Crippen molar-refractivity contribution >= 4 is 50.7 Å². The van der Waals surface area contributed by atoms with Crippen LogP contribution in [-0.4, -0.2) is 46.2 Å². The van der Waals surface area contributed by atoms with Crippen molar-refractivity contribution in [1.82, 2.24) is 0 Å². The van der Waals surface area contributed by atoms with Gasteiger partial charge in [0.15, 0.2) is 0 Å². The second-order valence-corrected chi connectivity index (χ2v) is 19.6. The normalized spacial score (nSPS) is 19.1. The standard InChI is InChI=1S/C29H32O8P4/c1-38(30,31)25-13-5-21(6-14-25)29(22-7-15-26(16-8-22)39(2,32)33,23-9-17-27(18-10-23)40(3,34)35)24-11-19-28(20-12-24)41(4,36)37/h5-20H,1-4H3,(H,30,31)(H,32,33)(H,34,35)(H,36,37). The van der Waals surface area contributed by atoms with Gasteiger partial charge in [0.05, 0.1) is 5.41 Å². The molecule has 0 fully saturated rings. The smallest absolute Gasteiger partial charge is 0.226 e. The molecule has 0 saturated heterocycles. The molecule has 4 aromatic rings. The molecule has 4 unspecified atom stereocenters. The second kappa shape index (κ2) is 11.0. The summed E-state index contributed by atoms with van der Waals surface area (Å²) in [5, 5.41) is 1.01. The van der Waals surface area contributed by atoms with Crippen LogP contribution in [0.5, 0.6) is 0 Å². The van der Waals surface area contributed by atoms with Crippen molar-refractivity contribution in [3.8, 4) is 0 Å². The third-order valence-corrected chi connectivity index (χ3v) is 12.1. The Hall–Kier alpha value is -2.36. The summed E-state index contributed by atoms with van der Waals surface area (Å²) in [7, 11) is -14.2. The molecular weight excluding hydrogens is 600 g/mol. The maximum absolute atomic E-state index is 12.4. The van der Waals surface area contributed by atoms with Crippen molar-refractivity contribution in [2.45, 2.75) is 5.41 Å². The molecule has 216 valence electrons. The van der Waals surface area contributed by atoms with E-state index in [1.54, 1.807) is 97.1 Å². The molecule has 41 heavy (non-hydrogen) atoms. The Balaban J connectivity index is 2.12. The predicted octanol–water partition coefficient (Wildman–Crippen LogP) is 4.17. The molecule has 0 aliphatic rings. The Labute approximate surface area is 239 Å². The second-order valence-electron chi connectivity index (χ2n) is 10.5. The van der Waals surface area contributed by atoms with Crippen LogP contribution in [0.25, 0.3) is 0 Å². The first-order valence-electron chi connectivity index (χ1n) is 12.5. The van der Waals surface area contributed by atoms with Crippen LogP contribution in [0.15, 0.2) is 97.1 Å². The lowest BCUT2D eigenvalue weighted by molar-refractivity contribution is 0.495. The van der Waals surface area contributed by atoms with E-state index in [1.165, 1.54) is 26.7 Å². The molecule has 0 heterocycles. The molecule has 0 aromatic heterocycles. The topological polar surface area (TPSA) is 149 Å². The largest absolute Gasteiger partial charge is 0.341 e. The number of hydrogen-bond donors (Lipinski definition) is 4. The van der Waals surface area contributed by atoms with Crippen molar-refractivity contribution in [1.29, 1.82) is 0 Å². The Morgan fingerprint density at radius 1 is 0.366 bits per heavy atom. The van der Waals surface area contributed by atoms with E-state index in [1.807, 2.05) is 0 Å². The van der Waals surface area contributed by atoms with Crippen molar-refractivity contribution in [3.63, 3.8) is 0 Å². The fraction of sp³-hybridized carbons (Fsp3) is 0.172. The molecular formula is C29H32O8P4. The molecule has 4 N–H and O–H groups in total. The molecule has 0 amide bonds. The molecule has 0 aliphatic carbocycles. The van der Waals surface area contributed by atoms with E-state index in [9.17, 15) is 37.8 Å². The highest BCUT2D eigenvalue weighted by Crippen LogP contribution is 2.47. The third kappa shape index (κ3) is 6.52. The lowest BCUT2D eigenvalue weighted by Gasteiger charge is -2.37. The van der Waals surface area contributed by atoms with E-state index in [2.05, 4.69) is 0 Å². The van der Waals surface area contributed by atoms with Crippen molar-refractivity contribution < 1.29 is 37.8 Å². The maximum Gasteiger partial charge on any atom is 0.226 e. The van der Waals surface area contributed by atoms with Gasteiger partial charge in [0.1, 0.15) is 0 Å². The van der Waals surface area contributed by atoms with E-state index in [-0.39, 0.29) is 21.2 Å². The summed E-state index contributed by atoms with van der Waals surface area (Å²) in [6, 6.07) is 26.3. The zero-order valence-corrected chi connectivity index (χ0v) is 26.5. The van der Waals surface area contributed by atoms with Gasteiger partial charge in [-0.15, -0.1) is 0 Å². The van der Waals surface area contributed by atoms with Gasteiger partial charge in [-0.2, -0.15) is 0 Å². The van der Waals surface area contributed by atoms with E-state index >= 15 is 0 Å². The first-order valence-corrected chi connectivity index (χ1v) is 20.9. The highest BCUT2D eigenvalue weighted by molar-refractivity contribution is 7.66. The molecule has 4 atom stereocenters. The zero-order valence-electron chi connectivity index (χ0n) is 22.9. The summed E-state index contributed by atoms with van der Waals surface area (Å²) in [6.45, 7) is 5.00. The van der Waals surface area contributed by atoms with Gasteiger partial charge in [0.25, 0.3) is 0 Å². The Morgan fingerprint density at radius 3 is 0.634 bits per heavy atom. The van der Waals surface area contributed by atoms with Gasteiger partial charge in [-0.25, -0.2) is 0 Å². The quantitative estimate of drug-likeness (QED) is 0.167. The monoisotopic (exact) mass is 632 g/mol. The van der Waals surface area contributed by atoms with Gasteiger partial charge in [-0.05, 0) is 70.8 Å². The summed E-state index contributed by atoms with van der Waals surface area (Å²) in [6.07, 6.45) is 0. The molecule has 4 rings (SSSR count). The van der Waals surface area contributed by atoms with E-state index in [4.69, 9.17) is 0 Å². The van der Waals surface area contributed by atoms with Crippen LogP contribution in [-0.2, 0) is 23.7 Å². The van der Waals surface area contributed by atoms with Crippen LogP contribution < -0.4 is 21.2 Å². The van der Waals surface area contributed by atoms with E-state index in [0.717, 1.165) is 0 Å². The first kappa shape index (κ1) is 31.6. The summed E-state index contributed by atoms with van der Waals surface area (Å²) in [5.74, 6) is 0. The van der Waals surface area contributed by atoms with Crippen molar-refractivity contribution in [3.05, 3.63) is 119 Å². The minimum atomic E-state index is -3.56. The van der Waals surface area contributed by atoms with Gasteiger partial charge in [0.2, 0.25) is 29.5 Å². The predicted molar refractivity (Wildman–Crippen MR) is 166 cm³/mol. The fourth-order valence-corrected chi connectivity index (χ4v) is 7.76. The molecule has 12 heteroatoms. The van der Waals surface area contributed by atoms with Crippen LogP contribution in [0.1, 0.15) is 22.3 Å². The summed E-state index contributed by atoms with van der Waals surface area (Å²) in [5.41, 5.74) is 1.52. The van der Waals surface area contributed by atoms with E-state index < -0.39 is 34.9 Å². The van der Waals surface area contributed by atoms with Crippen LogP contribution in [0.2, 0.25) is 0 Å². The number of benzene rings is 4. The van der Waals surface area contributed by atoms with Crippen LogP contribution >= 0.6 is 29.5 Å². The average Bonchev–Trinajstić information content (AvgIpc) is 2.88. The van der Waals surface area contributed by atoms with Gasteiger partial charge in [0, 0.05) is 47.9 Å². The molecule has 0 spiro atoms. The van der Waals surface area contributed by atoms with Gasteiger partial charge in [-0.1, -0.05) is 48.5 Å². The number of rotatable bonds is 8. The average molecular weight is 632 g/mol. The van der Waals surface area contributed by atoms with E-state index in [0.29, 0.717) is 22.3 Å². The summed E-state index contributed by atoms with van der Waals surface area (Å²) < 4.78 is 49.5. The zero-order chi connectivity index (χ0) is 30.4. The minimum Gasteiger partial charge on any atom is -0.341 e. The maximum atomic E-state index is 12.4. The van der Waals surface area contributed by atoms with Crippen LogP contribution in [0.4, 0.5) is 0 Å². The lowest BCUT2D eigenvalue weighted by Crippen LogP contribution is -2.32. The SMILES string of the molecule is CP(=O)(O)c1ccc(C(c2ccc(P(C)(=O)O)cc2)(c2ccc(P(C)(=O)O)cc2)c2ccc(P(C)(=O)O)cc2)cc1. The Bertz CT molecular complexity index is 1470. The van der Waals surface area contributed by atoms with Crippen molar-refractivity contribution in [2.24, 2.45) is 0 Å². The Kier molecular flexibility index (Phi) is 8.51. The summed E-state index contributed by atoms with van der Waals surface area (Å²) in [4.78, 5) is 40.6. The third-order valence-electron chi connectivity index (χ3n) is 7.12. The Morgan fingerprint density at radius 2 is 0.512 bits per heavy atom. The van der Waals surface area contributed by atoms with Gasteiger partial charge >= 0.3 is 0 Å². The van der Waals surface area contributed by atoms with Gasteiger partial charge in [-0.3, -0.25) is 18.3 Å². The molecule has 8 nitrogen and oxygen atoms in total. The first-order chi connectivity index (χ1) is 18.8. The molecule has 0 bridgehead atoms. The van der Waals surface area contributed by atoms with Crippen molar-refractivity contribution in [2.75, 3.05) is 26.7 Å².